The topological polar surface area (TPSA) is 49.4 Å². The quantitative estimate of drug-likeness (QED) is 0.828. The summed E-state index contributed by atoms with van der Waals surface area (Å²) in [6, 6.07) is 8.02. The predicted octanol–water partition coefficient (Wildman–Crippen LogP) is 1.74. The minimum absolute atomic E-state index is 0.0641. The minimum atomic E-state index is -0.189. The summed E-state index contributed by atoms with van der Waals surface area (Å²) in [6.07, 6.45) is 0.600. The van der Waals surface area contributed by atoms with Gasteiger partial charge in [-0.05, 0) is 12.5 Å². The van der Waals surface area contributed by atoms with E-state index in [2.05, 4.69) is 5.32 Å². The SMILES string of the molecule is Cc1ccc(CN(C=O)C2CSC(=O)N2)cc1. The molecular weight excluding hydrogens is 236 g/mol. The lowest BCUT2D eigenvalue weighted by molar-refractivity contribution is -0.120. The van der Waals surface area contributed by atoms with Crippen molar-refractivity contribution in [2.45, 2.75) is 19.6 Å². The van der Waals surface area contributed by atoms with Gasteiger partial charge < -0.3 is 10.2 Å². The van der Waals surface area contributed by atoms with Crippen LogP contribution in [0.3, 0.4) is 0 Å². The second-order valence-electron chi connectivity index (χ2n) is 4.02. The van der Waals surface area contributed by atoms with Gasteiger partial charge in [0.25, 0.3) is 5.24 Å². The van der Waals surface area contributed by atoms with Crippen molar-refractivity contribution in [1.82, 2.24) is 10.2 Å². The fourth-order valence-electron chi connectivity index (χ4n) is 1.68. The van der Waals surface area contributed by atoms with Crippen molar-refractivity contribution in [3.05, 3.63) is 35.4 Å². The molecule has 2 rings (SSSR count). The molecule has 90 valence electrons. The lowest BCUT2D eigenvalue weighted by atomic mass is 10.1. The van der Waals surface area contributed by atoms with Crippen molar-refractivity contribution in [3.63, 3.8) is 0 Å². The van der Waals surface area contributed by atoms with Gasteiger partial charge in [0.2, 0.25) is 6.41 Å². The number of nitrogens with one attached hydrogen (secondary N) is 1. The molecule has 1 aliphatic rings. The highest BCUT2D eigenvalue weighted by molar-refractivity contribution is 8.13. The van der Waals surface area contributed by atoms with Crippen LogP contribution >= 0.6 is 11.8 Å². The molecule has 2 amide bonds. The molecule has 1 aromatic carbocycles. The Kier molecular flexibility index (Phi) is 3.68. The molecule has 1 atom stereocenters. The molecule has 1 aromatic rings. The molecule has 0 radical (unpaired) electrons. The summed E-state index contributed by atoms with van der Waals surface area (Å²) in [7, 11) is 0. The van der Waals surface area contributed by atoms with Crippen LogP contribution in [0.25, 0.3) is 0 Å². The maximum atomic E-state index is 11.1. The summed E-state index contributed by atoms with van der Waals surface area (Å²) in [5.74, 6) is 0.615. The number of nitrogens with zero attached hydrogens (tertiary/aromatic N) is 1. The molecule has 1 aliphatic heterocycles. The van der Waals surface area contributed by atoms with Crippen LogP contribution in [0.1, 0.15) is 11.1 Å². The van der Waals surface area contributed by atoms with Gasteiger partial charge in [-0.15, -0.1) is 0 Å². The molecule has 0 aromatic heterocycles. The van der Waals surface area contributed by atoms with E-state index < -0.39 is 0 Å². The molecule has 4 nitrogen and oxygen atoms in total. The van der Waals surface area contributed by atoms with E-state index in [0.717, 1.165) is 12.0 Å². The van der Waals surface area contributed by atoms with E-state index in [1.165, 1.54) is 17.3 Å². The number of amides is 2. The second kappa shape index (κ2) is 5.23. The Morgan fingerprint density at radius 2 is 2.18 bits per heavy atom. The summed E-state index contributed by atoms with van der Waals surface area (Å²) >= 11 is 1.21. The van der Waals surface area contributed by atoms with Gasteiger partial charge in [-0.25, -0.2) is 0 Å². The van der Waals surface area contributed by atoms with Gasteiger partial charge in [0.05, 0.1) is 0 Å². The van der Waals surface area contributed by atoms with Gasteiger partial charge in [0.1, 0.15) is 6.17 Å². The molecule has 5 heteroatoms. The summed E-state index contributed by atoms with van der Waals surface area (Å²) in [5.41, 5.74) is 2.25. The minimum Gasteiger partial charge on any atom is -0.326 e. The Hall–Kier alpha value is -1.49. The number of benzene rings is 1. The van der Waals surface area contributed by atoms with Crippen LogP contribution in [0.2, 0.25) is 0 Å². The van der Waals surface area contributed by atoms with Crippen molar-refractivity contribution < 1.29 is 9.59 Å². The molecule has 1 heterocycles. The number of thioether (sulfide) groups is 1. The van der Waals surface area contributed by atoms with E-state index in [1.807, 2.05) is 31.2 Å². The monoisotopic (exact) mass is 250 g/mol. The maximum absolute atomic E-state index is 11.1. The van der Waals surface area contributed by atoms with Crippen LogP contribution in [-0.2, 0) is 11.3 Å². The van der Waals surface area contributed by atoms with Gasteiger partial charge in [-0.2, -0.15) is 0 Å². The maximum Gasteiger partial charge on any atom is 0.280 e. The van der Waals surface area contributed by atoms with Crippen molar-refractivity contribution in [2.24, 2.45) is 0 Å². The molecule has 17 heavy (non-hydrogen) atoms. The highest BCUT2D eigenvalue weighted by Crippen LogP contribution is 2.17. The summed E-state index contributed by atoms with van der Waals surface area (Å²) in [6.45, 7) is 2.55. The van der Waals surface area contributed by atoms with Crippen LogP contribution < -0.4 is 5.32 Å². The van der Waals surface area contributed by atoms with E-state index in [4.69, 9.17) is 0 Å². The zero-order valence-corrected chi connectivity index (χ0v) is 10.4. The fraction of sp³-hybridized carbons (Fsp3) is 0.333. The second-order valence-corrected chi connectivity index (χ2v) is 5.01. The summed E-state index contributed by atoms with van der Waals surface area (Å²) in [5, 5.41) is 2.69. The van der Waals surface area contributed by atoms with Gasteiger partial charge in [-0.3, -0.25) is 9.59 Å². The molecule has 0 aliphatic carbocycles. The third-order valence-electron chi connectivity index (χ3n) is 2.68. The lowest BCUT2D eigenvalue weighted by Gasteiger charge is -2.23. The number of carbonyl (C=O) groups excluding carboxylic acids is 2. The predicted molar refractivity (Wildman–Crippen MR) is 67.6 cm³/mol. The van der Waals surface area contributed by atoms with E-state index in [-0.39, 0.29) is 11.4 Å². The van der Waals surface area contributed by atoms with Crippen molar-refractivity contribution >= 4 is 23.4 Å². The third-order valence-corrected chi connectivity index (χ3v) is 3.54. The van der Waals surface area contributed by atoms with Gasteiger partial charge in [0.15, 0.2) is 0 Å². The molecule has 0 spiro atoms. The number of carbonyl (C=O) groups is 2. The van der Waals surface area contributed by atoms with Crippen LogP contribution in [0.15, 0.2) is 24.3 Å². The van der Waals surface area contributed by atoms with Crippen LogP contribution in [-0.4, -0.2) is 28.5 Å². The van der Waals surface area contributed by atoms with Gasteiger partial charge in [0, 0.05) is 12.3 Å². The zero-order valence-electron chi connectivity index (χ0n) is 9.55. The van der Waals surface area contributed by atoms with Gasteiger partial charge >= 0.3 is 0 Å². The highest BCUT2D eigenvalue weighted by atomic mass is 32.2. The van der Waals surface area contributed by atoms with E-state index in [9.17, 15) is 9.59 Å². The zero-order chi connectivity index (χ0) is 12.3. The number of hydrogen-bond donors (Lipinski definition) is 1. The van der Waals surface area contributed by atoms with Crippen molar-refractivity contribution in [2.75, 3.05) is 5.75 Å². The van der Waals surface area contributed by atoms with Crippen LogP contribution in [0, 0.1) is 6.92 Å². The van der Waals surface area contributed by atoms with E-state index in [0.29, 0.717) is 12.3 Å². The molecule has 0 bridgehead atoms. The first kappa shape index (κ1) is 12.0. The summed E-state index contributed by atoms with van der Waals surface area (Å²) < 4.78 is 0. The number of aryl methyl sites for hydroxylation is 1. The normalized spacial score (nSPS) is 18.9. The standard InChI is InChI=1S/C12H14N2O2S/c1-9-2-4-10(5-3-9)6-14(8-15)11-7-17-12(16)13-11/h2-5,8,11H,6-7H2,1H3,(H,13,16). The molecule has 1 unspecified atom stereocenters. The first-order valence-electron chi connectivity index (χ1n) is 5.39. The Bertz CT molecular complexity index is 419. The first-order chi connectivity index (χ1) is 8.19. The Morgan fingerprint density at radius 1 is 1.47 bits per heavy atom. The van der Waals surface area contributed by atoms with Crippen molar-refractivity contribution in [3.8, 4) is 0 Å². The molecule has 1 saturated heterocycles. The van der Waals surface area contributed by atoms with Crippen LogP contribution in [0.5, 0.6) is 0 Å². The summed E-state index contributed by atoms with van der Waals surface area (Å²) in [4.78, 5) is 23.7. The largest absolute Gasteiger partial charge is 0.326 e. The van der Waals surface area contributed by atoms with E-state index in [1.54, 1.807) is 4.90 Å². The fourth-order valence-corrected chi connectivity index (χ4v) is 2.48. The molecule has 0 saturated carbocycles. The smallest absolute Gasteiger partial charge is 0.280 e. The molecule has 1 N–H and O–H groups in total. The van der Waals surface area contributed by atoms with Crippen molar-refractivity contribution in [1.29, 1.82) is 0 Å². The molecule has 1 fully saturated rings. The van der Waals surface area contributed by atoms with E-state index >= 15 is 0 Å². The Morgan fingerprint density at radius 3 is 2.71 bits per heavy atom. The average Bonchev–Trinajstić information content (AvgIpc) is 2.75. The Balaban J connectivity index is 2.02. The highest BCUT2D eigenvalue weighted by Gasteiger charge is 2.26. The molecular formula is C12H14N2O2S. The average molecular weight is 250 g/mol. The van der Waals surface area contributed by atoms with Gasteiger partial charge in [-0.1, -0.05) is 41.6 Å². The Labute approximate surface area is 104 Å². The lowest BCUT2D eigenvalue weighted by Crippen LogP contribution is -2.43. The van der Waals surface area contributed by atoms with Crippen LogP contribution in [0.4, 0.5) is 4.79 Å². The first-order valence-corrected chi connectivity index (χ1v) is 6.37. The number of hydrogen-bond acceptors (Lipinski definition) is 3. The third kappa shape index (κ3) is 3.00. The number of rotatable bonds is 4.